The molecule has 0 saturated heterocycles. The van der Waals surface area contributed by atoms with Crippen LogP contribution in [0.1, 0.15) is 24.9 Å². The highest BCUT2D eigenvalue weighted by molar-refractivity contribution is 7.80. The molecule has 0 amide bonds. The van der Waals surface area contributed by atoms with Gasteiger partial charge in [0.15, 0.2) is 5.11 Å². The molecule has 1 heterocycles. The number of thiocarbonyl (C=S) groups is 1. The molecule has 104 valence electrons. The molecule has 2 N–H and O–H groups in total. The maximum Gasteiger partial charge on any atom is 0.166 e. The third-order valence-electron chi connectivity index (χ3n) is 2.96. The number of hydrogen-bond acceptors (Lipinski definition) is 3. The van der Waals surface area contributed by atoms with Gasteiger partial charge in [0.2, 0.25) is 0 Å². The number of para-hydroxylation sites is 1. The van der Waals surface area contributed by atoms with Crippen LogP contribution in [0.25, 0.3) is 0 Å². The molecule has 5 heteroatoms. The Morgan fingerprint density at radius 1 is 1.47 bits per heavy atom. The summed E-state index contributed by atoms with van der Waals surface area (Å²) in [5, 5.41) is 7.13. The Morgan fingerprint density at radius 2 is 2.32 bits per heavy atom. The van der Waals surface area contributed by atoms with Crippen LogP contribution in [-0.2, 0) is 4.74 Å². The molecule has 1 aromatic rings. The normalized spacial score (nSPS) is 16.6. The molecule has 1 aliphatic heterocycles. The standard InChI is InChI=1S/C14H20N2O2S/c1-2-17-9-5-8-15-14(19)16-12-10-18-13-7-4-3-6-11(12)13/h3-4,6-7,12H,2,5,8-10H2,1H3,(H2,15,16,19). The van der Waals surface area contributed by atoms with Crippen molar-refractivity contribution in [3.8, 4) is 5.75 Å². The number of ether oxygens (including phenoxy) is 2. The van der Waals surface area contributed by atoms with Crippen molar-refractivity contribution in [3.63, 3.8) is 0 Å². The monoisotopic (exact) mass is 280 g/mol. The smallest absolute Gasteiger partial charge is 0.166 e. The fourth-order valence-electron chi connectivity index (χ4n) is 2.01. The molecule has 1 aliphatic rings. The molecule has 0 saturated carbocycles. The van der Waals surface area contributed by atoms with E-state index in [0.29, 0.717) is 11.7 Å². The van der Waals surface area contributed by atoms with Gasteiger partial charge in [-0.25, -0.2) is 0 Å². The van der Waals surface area contributed by atoms with Crippen LogP contribution in [0, 0.1) is 0 Å². The quantitative estimate of drug-likeness (QED) is 0.616. The number of nitrogens with one attached hydrogen (secondary N) is 2. The van der Waals surface area contributed by atoms with Gasteiger partial charge in [-0.05, 0) is 31.6 Å². The first-order valence-corrected chi connectivity index (χ1v) is 7.06. The lowest BCUT2D eigenvalue weighted by molar-refractivity contribution is 0.145. The second kappa shape index (κ2) is 7.31. The summed E-state index contributed by atoms with van der Waals surface area (Å²) in [4.78, 5) is 0. The molecule has 4 nitrogen and oxygen atoms in total. The van der Waals surface area contributed by atoms with Crippen molar-refractivity contribution in [2.24, 2.45) is 0 Å². The molecule has 0 bridgehead atoms. The molecule has 2 rings (SSSR count). The van der Waals surface area contributed by atoms with Crippen LogP contribution in [0.4, 0.5) is 0 Å². The average molecular weight is 280 g/mol. The van der Waals surface area contributed by atoms with E-state index in [0.717, 1.165) is 31.9 Å². The number of fused-ring (bicyclic) bond motifs is 1. The molecule has 0 aliphatic carbocycles. The first kappa shape index (κ1) is 14.1. The first-order chi connectivity index (χ1) is 9.31. The zero-order chi connectivity index (χ0) is 13.5. The van der Waals surface area contributed by atoms with Crippen molar-refractivity contribution in [2.75, 3.05) is 26.4 Å². The predicted octanol–water partition coefficient (Wildman–Crippen LogP) is 2.01. The summed E-state index contributed by atoms with van der Waals surface area (Å²) < 4.78 is 10.9. The van der Waals surface area contributed by atoms with Crippen molar-refractivity contribution in [2.45, 2.75) is 19.4 Å². The van der Waals surface area contributed by atoms with E-state index in [1.807, 2.05) is 25.1 Å². The van der Waals surface area contributed by atoms with Gasteiger partial charge in [-0.15, -0.1) is 0 Å². The lowest BCUT2D eigenvalue weighted by Gasteiger charge is -2.15. The third-order valence-corrected chi connectivity index (χ3v) is 3.22. The fourth-order valence-corrected chi connectivity index (χ4v) is 2.26. The Morgan fingerprint density at radius 3 is 3.16 bits per heavy atom. The van der Waals surface area contributed by atoms with Crippen molar-refractivity contribution in [3.05, 3.63) is 29.8 Å². The van der Waals surface area contributed by atoms with E-state index in [1.165, 1.54) is 5.56 Å². The molecule has 0 fully saturated rings. The fraction of sp³-hybridized carbons (Fsp3) is 0.500. The molecular formula is C14H20N2O2S. The maximum atomic E-state index is 5.60. The second-order valence-corrected chi connectivity index (χ2v) is 4.76. The highest BCUT2D eigenvalue weighted by atomic mass is 32.1. The van der Waals surface area contributed by atoms with E-state index in [1.54, 1.807) is 0 Å². The Hall–Kier alpha value is -1.33. The highest BCUT2D eigenvalue weighted by Crippen LogP contribution is 2.31. The van der Waals surface area contributed by atoms with Gasteiger partial charge in [-0.3, -0.25) is 0 Å². The van der Waals surface area contributed by atoms with Gasteiger partial charge >= 0.3 is 0 Å². The van der Waals surface area contributed by atoms with Crippen molar-refractivity contribution >= 4 is 17.3 Å². The van der Waals surface area contributed by atoms with E-state index >= 15 is 0 Å². The SMILES string of the molecule is CCOCCCNC(=S)NC1COc2ccccc21. The van der Waals surface area contributed by atoms with Crippen molar-refractivity contribution in [1.82, 2.24) is 10.6 Å². The van der Waals surface area contributed by atoms with Gasteiger partial charge < -0.3 is 20.1 Å². The Kier molecular flexibility index (Phi) is 5.42. The van der Waals surface area contributed by atoms with E-state index < -0.39 is 0 Å². The first-order valence-electron chi connectivity index (χ1n) is 6.65. The van der Waals surface area contributed by atoms with Gasteiger partial charge in [0.1, 0.15) is 12.4 Å². The molecule has 0 radical (unpaired) electrons. The van der Waals surface area contributed by atoms with Crippen LogP contribution in [0.5, 0.6) is 5.75 Å². The molecule has 1 unspecified atom stereocenters. The van der Waals surface area contributed by atoms with Crippen LogP contribution in [0.15, 0.2) is 24.3 Å². The third kappa shape index (κ3) is 4.08. The van der Waals surface area contributed by atoms with E-state index in [-0.39, 0.29) is 6.04 Å². The van der Waals surface area contributed by atoms with Gasteiger partial charge in [0, 0.05) is 25.3 Å². The van der Waals surface area contributed by atoms with Crippen molar-refractivity contribution in [1.29, 1.82) is 0 Å². The average Bonchev–Trinajstić information content (AvgIpc) is 2.82. The molecule has 1 atom stereocenters. The topological polar surface area (TPSA) is 42.5 Å². The Labute approximate surface area is 119 Å². The van der Waals surface area contributed by atoms with Crippen molar-refractivity contribution < 1.29 is 9.47 Å². The van der Waals surface area contributed by atoms with Crippen LogP contribution < -0.4 is 15.4 Å². The largest absolute Gasteiger partial charge is 0.491 e. The number of benzene rings is 1. The summed E-state index contributed by atoms with van der Waals surface area (Å²) in [6.07, 6.45) is 0.952. The summed E-state index contributed by atoms with van der Waals surface area (Å²) in [7, 11) is 0. The minimum Gasteiger partial charge on any atom is -0.491 e. The van der Waals surface area contributed by atoms with Crippen LogP contribution in [0.2, 0.25) is 0 Å². The summed E-state index contributed by atoms with van der Waals surface area (Å²) in [6.45, 7) is 4.97. The predicted molar refractivity (Wildman–Crippen MR) is 79.5 cm³/mol. The van der Waals surface area contributed by atoms with Crippen LogP contribution >= 0.6 is 12.2 Å². The lowest BCUT2D eigenvalue weighted by Crippen LogP contribution is -2.38. The lowest BCUT2D eigenvalue weighted by atomic mass is 10.1. The zero-order valence-electron chi connectivity index (χ0n) is 11.1. The minimum atomic E-state index is 0.142. The van der Waals surface area contributed by atoms with E-state index in [9.17, 15) is 0 Å². The molecule has 1 aromatic carbocycles. The van der Waals surface area contributed by atoms with Crippen LogP contribution in [-0.4, -0.2) is 31.5 Å². The Balaban J connectivity index is 1.72. The Bertz CT molecular complexity index is 426. The number of rotatable bonds is 6. The highest BCUT2D eigenvalue weighted by Gasteiger charge is 2.23. The summed E-state index contributed by atoms with van der Waals surface area (Å²) in [6, 6.07) is 8.18. The minimum absolute atomic E-state index is 0.142. The van der Waals surface area contributed by atoms with Gasteiger partial charge in [0.25, 0.3) is 0 Å². The maximum absolute atomic E-state index is 5.60. The van der Waals surface area contributed by atoms with E-state index in [4.69, 9.17) is 21.7 Å². The molecule has 0 spiro atoms. The molecular weight excluding hydrogens is 260 g/mol. The summed E-state index contributed by atoms with van der Waals surface area (Å²) in [5.41, 5.74) is 1.17. The van der Waals surface area contributed by atoms with Gasteiger partial charge in [-0.1, -0.05) is 18.2 Å². The number of hydrogen-bond donors (Lipinski definition) is 2. The summed E-state index contributed by atoms with van der Waals surface area (Å²) in [5.74, 6) is 0.944. The van der Waals surface area contributed by atoms with E-state index in [2.05, 4.69) is 16.7 Å². The summed E-state index contributed by atoms with van der Waals surface area (Å²) >= 11 is 5.28. The van der Waals surface area contributed by atoms with Crippen LogP contribution in [0.3, 0.4) is 0 Å². The second-order valence-electron chi connectivity index (χ2n) is 4.35. The molecule has 0 aromatic heterocycles. The molecule has 19 heavy (non-hydrogen) atoms. The zero-order valence-corrected chi connectivity index (χ0v) is 12.0. The van der Waals surface area contributed by atoms with Gasteiger partial charge in [0.05, 0.1) is 6.04 Å². The van der Waals surface area contributed by atoms with Gasteiger partial charge in [-0.2, -0.15) is 0 Å².